The Kier molecular flexibility index (Phi) is 3.68. The molecule has 80 valence electrons. The van der Waals surface area contributed by atoms with E-state index in [1.165, 1.54) is 6.07 Å². The molecule has 0 spiro atoms. The molecule has 15 heavy (non-hydrogen) atoms. The number of nitrogens with two attached hydrogens (primary N) is 1. The molecule has 0 saturated carbocycles. The minimum Gasteiger partial charge on any atom is -0.507 e. The summed E-state index contributed by atoms with van der Waals surface area (Å²) in [6.45, 7) is 0. The summed E-state index contributed by atoms with van der Waals surface area (Å²) < 4.78 is 0. The van der Waals surface area contributed by atoms with Crippen molar-refractivity contribution < 1.29 is 9.90 Å². The number of alkyl halides is 1. The molecule has 0 atom stereocenters. The number of halogens is 1. The van der Waals surface area contributed by atoms with Crippen molar-refractivity contribution in [2.24, 2.45) is 5.73 Å². The first-order valence-corrected chi connectivity index (χ1v) is 4.82. The zero-order chi connectivity index (χ0) is 11.4. The van der Waals surface area contributed by atoms with E-state index in [0.29, 0.717) is 5.56 Å². The Morgan fingerprint density at radius 1 is 1.53 bits per heavy atom. The molecule has 0 unspecified atom stereocenters. The van der Waals surface area contributed by atoms with E-state index >= 15 is 0 Å². The number of aromatic hydroxyl groups is 1. The van der Waals surface area contributed by atoms with Gasteiger partial charge in [0.05, 0.1) is 11.4 Å². The highest BCUT2D eigenvalue weighted by molar-refractivity contribution is 6.27. The maximum Gasteiger partial charge on any atom is 0.152 e. The number of Topliss-reactive ketones (excluding diaryl/α,β-unsaturated/α-hetero) is 1. The van der Waals surface area contributed by atoms with Gasteiger partial charge in [-0.1, -0.05) is 12.1 Å². The van der Waals surface area contributed by atoms with Gasteiger partial charge in [-0.2, -0.15) is 0 Å². The minimum absolute atomic E-state index is 0.0520. The number of carbonyl (C=O) groups excluding carboxylic acids is 1. The van der Waals surface area contributed by atoms with E-state index in [0.717, 1.165) is 0 Å². The Morgan fingerprint density at radius 3 is 2.73 bits per heavy atom. The molecule has 0 radical (unpaired) electrons. The van der Waals surface area contributed by atoms with Crippen LogP contribution in [0.1, 0.15) is 11.1 Å². The highest BCUT2D eigenvalue weighted by Crippen LogP contribution is 2.22. The van der Waals surface area contributed by atoms with Crippen LogP contribution in [0.5, 0.6) is 5.75 Å². The van der Waals surface area contributed by atoms with Gasteiger partial charge < -0.3 is 10.8 Å². The number of nitrogens with one attached hydrogen (secondary N) is 1. The fraction of sp³-hybridized carbons (Fsp3) is 0.200. The predicted molar refractivity (Wildman–Crippen MR) is 58.6 cm³/mol. The number of ketones is 1. The second kappa shape index (κ2) is 4.79. The first kappa shape index (κ1) is 11.5. The van der Waals surface area contributed by atoms with E-state index in [2.05, 4.69) is 0 Å². The standard InChI is InChI=1S/C10H11ClN2O2/c11-5-7(14)4-6-2-1-3-8(9(6)15)10(12)13/h1-3,15H,4-5H2,(H3,12,13). The molecule has 0 fully saturated rings. The second-order valence-electron chi connectivity index (χ2n) is 3.08. The van der Waals surface area contributed by atoms with Gasteiger partial charge in [-0.25, -0.2) is 0 Å². The smallest absolute Gasteiger partial charge is 0.152 e. The van der Waals surface area contributed by atoms with Gasteiger partial charge in [-0.05, 0) is 6.07 Å². The molecule has 0 aliphatic heterocycles. The van der Waals surface area contributed by atoms with Crippen LogP contribution in [0.15, 0.2) is 18.2 Å². The van der Waals surface area contributed by atoms with E-state index in [-0.39, 0.29) is 35.2 Å². The summed E-state index contributed by atoms with van der Waals surface area (Å²) in [4.78, 5) is 11.1. The molecule has 5 heteroatoms. The molecule has 1 aromatic carbocycles. The van der Waals surface area contributed by atoms with Crippen LogP contribution in [0.3, 0.4) is 0 Å². The Bertz CT molecular complexity index is 404. The fourth-order valence-corrected chi connectivity index (χ4v) is 1.31. The lowest BCUT2D eigenvalue weighted by Gasteiger charge is -2.07. The Morgan fingerprint density at radius 2 is 2.20 bits per heavy atom. The molecule has 4 N–H and O–H groups in total. The largest absolute Gasteiger partial charge is 0.507 e. The summed E-state index contributed by atoms with van der Waals surface area (Å²) in [5.41, 5.74) is 5.93. The van der Waals surface area contributed by atoms with Gasteiger partial charge in [-0.3, -0.25) is 10.2 Å². The Labute approximate surface area is 92.2 Å². The molecule has 0 aliphatic carbocycles. The molecule has 1 aromatic rings. The summed E-state index contributed by atoms with van der Waals surface area (Å²) in [6.07, 6.45) is 0.0520. The second-order valence-corrected chi connectivity index (χ2v) is 3.34. The number of nitrogen functional groups attached to an aromatic ring is 1. The number of hydrogen-bond donors (Lipinski definition) is 3. The van der Waals surface area contributed by atoms with Crippen LogP contribution >= 0.6 is 11.6 Å². The number of rotatable bonds is 4. The summed E-state index contributed by atoms with van der Waals surface area (Å²) in [7, 11) is 0. The van der Waals surface area contributed by atoms with Gasteiger partial charge in [0.15, 0.2) is 5.78 Å². The van der Waals surface area contributed by atoms with Gasteiger partial charge in [0.2, 0.25) is 0 Å². The van der Waals surface area contributed by atoms with Crippen molar-refractivity contribution in [1.82, 2.24) is 0 Å². The van der Waals surface area contributed by atoms with Crippen molar-refractivity contribution in [2.75, 3.05) is 5.88 Å². The molecule has 4 nitrogen and oxygen atoms in total. The van der Waals surface area contributed by atoms with Crippen molar-refractivity contribution in [2.45, 2.75) is 6.42 Å². The Hall–Kier alpha value is -1.55. The van der Waals surface area contributed by atoms with Crippen molar-refractivity contribution in [3.8, 4) is 5.75 Å². The lowest BCUT2D eigenvalue weighted by molar-refractivity contribution is -0.116. The molecule has 0 saturated heterocycles. The number of phenols is 1. The first-order chi connectivity index (χ1) is 7.06. The van der Waals surface area contributed by atoms with Crippen molar-refractivity contribution in [1.29, 1.82) is 5.41 Å². The maximum atomic E-state index is 11.1. The van der Waals surface area contributed by atoms with Gasteiger partial charge >= 0.3 is 0 Å². The third kappa shape index (κ3) is 2.70. The van der Waals surface area contributed by atoms with Crippen LogP contribution in [-0.2, 0) is 11.2 Å². The lowest BCUT2D eigenvalue weighted by atomic mass is 10.0. The third-order valence-corrected chi connectivity index (χ3v) is 2.24. The quantitative estimate of drug-likeness (QED) is 0.407. The number of para-hydroxylation sites is 1. The van der Waals surface area contributed by atoms with Gasteiger partial charge in [0.1, 0.15) is 11.6 Å². The molecule has 0 aliphatic rings. The highest BCUT2D eigenvalue weighted by atomic mass is 35.5. The van der Waals surface area contributed by atoms with Crippen molar-refractivity contribution >= 4 is 23.2 Å². The number of phenolic OH excluding ortho intramolecular Hbond substituents is 1. The van der Waals surface area contributed by atoms with Crippen molar-refractivity contribution in [3.63, 3.8) is 0 Å². The normalized spacial score (nSPS) is 9.93. The van der Waals surface area contributed by atoms with E-state index in [4.69, 9.17) is 22.7 Å². The fourth-order valence-electron chi connectivity index (χ4n) is 1.21. The van der Waals surface area contributed by atoms with Crippen molar-refractivity contribution in [3.05, 3.63) is 29.3 Å². The summed E-state index contributed by atoms with van der Waals surface area (Å²) >= 11 is 5.36. The summed E-state index contributed by atoms with van der Waals surface area (Å²) in [5, 5.41) is 16.9. The minimum atomic E-state index is -0.229. The number of amidine groups is 1. The van der Waals surface area contributed by atoms with Crippen LogP contribution in [0, 0.1) is 5.41 Å². The van der Waals surface area contributed by atoms with Crippen LogP contribution in [0.2, 0.25) is 0 Å². The van der Waals surface area contributed by atoms with Gasteiger partial charge in [-0.15, -0.1) is 11.6 Å². The topological polar surface area (TPSA) is 87.2 Å². The predicted octanol–water partition coefficient (Wildman–Crippen LogP) is 1.03. The SMILES string of the molecule is N=C(N)c1cccc(CC(=O)CCl)c1O. The van der Waals surface area contributed by atoms with Crippen LogP contribution in [0.25, 0.3) is 0 Å². The average Bonchev–Trinajstić information content (AvgIpc) is 2.20. The molecular weight excluding hydrogens is 216 g/mol. The lowest BCUT2D eigenvalue weighted by Crippen LogP contribution is -2.12. The molecule has 0 heterocycles. The zero-order valence-electron chi connectivity index (χ0n) is 7.96. The number of benzene rings is 1. The number of carbonyl (C=O) groups is 1. The van der Waals surface area contributed by atoms with E-state index in [1.54, 1.807) is 12.1 Å². The summed E-state index contributed by atoms with van der Waals surface area (Å²) in [6, 6.07) is 4.76. The van der Waals surface area contributed by atoms with Crippen LogP contribution in [0.4, 0.5) is 0 Å². The molecule has 0 aromatic heterocycles. The Balaban J connectivity index is 3.04. The maximum absolute atomic E-state index is 11.1. The van der Waals surface area contributed by atoms with Gasteiger partial charge in [0.25, 0.3) is 0 Å². The van der Waals surface area contributed by atoms with Crippen LogP contribution < -0.4 is 5.73 Å². The van der Waals surface area contributed by atoms with E-state index in [9.17, 15) is 9.90 Å². The van der Waals surface area contributed by atoms with E-state index in [1.807, 2.05) is 0 Å². The first-order valence-electron chi connectivity index (χ1n) is 4.29. The average molecular weight is 227 g/mol. The number of hydrogen-bond acceptors (Lipinski definition) is 3. The third-order valence-electron chi connectivity index (χ3n) is 1.95. The monoisotopic (exact) mass is 226 g/mol. The molecule has 0 amide bonds. The van der Waals surface area contributed by atoms with E-state index < -0.39 is 0 Å². The summed E-state index contributed by atoms with van der Waals surface area (Å²) in [5.74, 6) is -0.632. The highest BCUT2D eigenvalue weighted by Gasteiger charge is 2.11. The van der Waals surface area contributed by atoms with Gasteiger partial charge in [0, 0.05) is 12.0 Å². The molecular formula is C10H11ClN2O2. The molecule has 1 rings (SSSR count). The zero-order valence-corrected chi connectivity index (χ0v) is 8.71. The molecule has 0 bridgehead atoms. The van der Waals surface area contributed by atoms with Crippen LogP contribution in [-0.4, -0.2) is 22.6 Å².